The number of halogens is 1. The lowest BCUT2D eigenvalue weighted by Crippen LogP contribution is -2.50. The van der Waals surface area contributed by atoms with E-state index < -0.39 is 21.2 Å². The van der Waals surface area contributed by atoms with Crippen molar-refractivity contribution in [3.05, 3.63) is 70.3 Å². The third-order valence-corrected chi connectivity index (χ3v) is 14.4. The van der Waals surface area contributed by atoms with Gasteiger partial charge in [0, 0.05) is 55.3 Å². The molecule has 2 aromatic carbocycles. The Morgan fingerprint density at radius 3 is 2.67 bits per heavy atom. The number of allylic oxidation sites excluding steroid dienone is 1. The summed E-state index contributed by atoms with van der Waals surface area (Å²) in [7, 11) is -1.90. The highest BCUT2D eigenvalue weighted by Crippen LogP contribution is 2.47. The summed E-state index contributed by atoms with van der Waals surface area (Å²) >= 11 is 6.46. The number of nitrogens with zero attached hydrogens (tertiary/aromatic N) is 3. The van der Waals surface area contributed by atoms with Crippen LogP contribution in [0.1, 0.15) is 67.4 Å². The van der Waals surface area contributed by atoms with Gasteiger partial charge in [-0.3, -0.25) is 9.59 Å². The van der Waals surface area contributed by atoms with Crippen LogP contribution in [-0.2, 0) is 31.4 Å². The number of rotatable bonds is 3. The Morgan fingerprint density at radius 2 is 1.90 bits per heavy atom. The molecule has 0 radical (unpaired) electrons. The van der Waals surface area contributed by atoms with Crippen molar-refractivity contribution < 1.29 is 27.5 Å². The quantitative estimate of drug-likeness (QED) is 0.437. The Hall–Kier alpha value is -3.12. The van der Waals surface area contributed by atoms with Crippen LogP contribution in [0, 0.1) is 17.8 Å². The van der Waals surface area contributed by atoms with Crippen molar-refractivity contribution in [2.24, 2.45) is 17.8 Å². The largest absolute Gasteiger partial charge is 0.490 e. The van der Waals surface area contributed by atoms with Crippen LogP contribution in [0.5, 0.6) is 5.75 Å². The smallest absolute Gasteiger partial charge is 0.264 e. The summed E-state index contributed by atoms with van der Waals surface area (Å²) in [5.41, 5.74) is 3.27. The minimum Gasteiger partial charge on any atom is -0.490 e. The molecule has 2 bridgehead atoms. The number of benzene rings is 2. The molecule has 0 unspecified atom stereocenters. The van der Waals surface area contributed by atoms with E-state index in [0.717, 1.165) is 55.9 Å². The predicted molar refractivity (Wildman–Crippen MR) is 199 cm³/mol. The third-order valence-electron chi connectivity index (χ3n) is 12.3. The first-order valence-electron chi connectivity index (χ1n) is 18.5. The lowest BCUT2D eigenvalue weighted by Gasteiger charge is -2.46. The number of carbonyl (C=O) groups is 2. The molecule has 51 heavy (non-hydrogen) atoms. The molecule has 2 fully saturated rings. The van der Waals surface area contributed by atoms with Crippen molar-refractivity contribution in [2.45, 2.75) is 69.1 Å². The highest BCUT2D eigenvalue weighted by atomic mass is 35.5. The van der Waals surface area contributed by atoms with Crippen LogP contribution in [-0.4, -0.2) is 101 Å². The number of hydrogen-bond acceptors (Lipinski definition) is 8. The summed E-state index contributed by atoms with van der Waals surface area (Å²) in [5.74, 6) is 0.236. The highest BCUT2D eigenvalue weighted by molar-refractivity contribution is 7.90. The Morgan fingerprint density at radius 1 is 1.10 bits per heavy atom. The van der Waals surface area contributed by atoms with E-state index in [2.05, 4.69) is 39.8 Å². The molecular weight excluding hydrogens is 688 g/mol. The maximum absolute atomic E-state index is 13.5. The lowest BCUT2D eigenvalue weighted by molar-refractivity contribution is -0.141. The number of carbonyl (C=O) groups excluding carboxylic acids is 2. The molecule has 276 valence electrons. The highest BCUT2D eigenvalue weighted by Gasteiger charge is 2.45. The van der Waals surface area contributed by atoms with Gasteiger partial charge in [0.2, 0.25) is 15.9 Å². The maximum Gasteiger partial charge on any atom is 0.264 e. The van der Waals surface area contributed by atoms with E-state index >= 15 is 0 Å². The second-order valence-electron chi connectivity index (χ2n) is 15.6. The second kappa shape index (κ2) is 14.7. The zero-order valence-electron chi connectivity index (χ0n) is 30.0. The topological polar surface area (TPSA) is 108 Å². The van der Waals surface area contributed by atoms with Gasteiger partial charge >= 0.3 is 0 Å². The molecule has 3 aliphatic heterocycles. The fraction of sp³-hybridized carbons (Fsp3) is 0.590. The number of ether oxygens (including phenoxy) is 2. The number of sulfonamides is 1. The van der Waals surface area contributed by atoms with Crippen molar-refractivity contribution in [1.29, 1.82) is 0 Å². The van der Waals surface area contributed by atoms with Gasteiger partial charge < -0.3 is 24.2 Å². The van der Waals surface area contributed by atoms with Crippen LogP contribution in [0.15, 0.2) is 48.6 Å². The first kappa shape index (κ1) is 36.2. The molecule has 10 nitrogen and oxygen atoms in total. The summed E-state index contributed by atoms with van der Waals surface area (Å²) < 4.78 is 42.4. The van der Waals surface area contributed by atoms with Gasteiger partial charge in [-0.15, -0.1) is 0 Å². The fourth-order valence-electron chi connectivity index (χ4n) is 8.63. The summed E-state index contributed by atoms with van der Waals surface area (Å²) in [4.78, 5) is 33.3. The molecule has 1 N–H and O–H groups in total. The third kappa shape index (κ3) is 7.54. The zero-order valence-corrected chi connectivity index (χ0v) is 31.6. The molecule has 12 heteroatoms. The molecule has 1 saturated carbocycles. The van der Waals surface area contributed by atoms with E-state index in [1.807, 2.05) is 24.0 Å². The molecule has 0 aromatic heterocycles. The van der Waals surface area contributed by atoms with E-state index in [0.29, 0.717) is 45.0 Å². The first-order chi connectivity index (χ1) is 24.4. The minimum atomic E-state index is -3.97. The van der Waals surface area contributed by atoms with E-state index in [1.54, 1.807) is 25.1 Å². The van der Waals surface area contributed by atoms with Crippen LogP contribution < -0.4 is 14.4 Å². The average Bonchev–Trinajstić information content (AvgIpc) is 3.24. The molecule has 5 aliphatic rings. The van der Waals surface area contributed by atoms with Gasteiger partial charge in [0.1, 0.15) is 12.4 Å². The van der Waals surface area contributed by atoms with E-state index in [1.165, 1.54) is 11.1 Å². The maximum atomic E-state index is 13.5. The van der Waals surface area contributed by atoms with Crippen molar-refractivity contribution >= 4 is 39.1 Å². The summed E-state index contributed by atoms with van der Waals surface area (Å²) in [6.45, 7) is 8.50. The van der Waals surface area contributed by atoms with Crippen molar-refractivity contribution in [2.75, 3.05) is 64.4 Å². The van der Waals surface area contributed by atoms with Gasteiger partial charge in [0.05, 0.1) is 23.6 Å². The number of amides is 2. The summed E-state index contributed by atoms with van der Waals surface area (Å²) in [6, 6.07) is 11.4. The summed E-state index contributed by atoms with van der Waals surface area (Å²) in [6.07, 6.45) is 9.17. The van der Waals surface area contributed by atoms with Gasteiger partial charge in [0.15, 0.2) is 0 Å². The number of piperazine rings is 1. The normalized spacial score (nSPS) is 31.7. The predicted octanol–water partition coefficient (Wildman–Crippen LogP) is 5.04. The van der Waals surface area contributed by atoms with Gasteiger partial charge in [-0.05, 0) is 112 Å². The summed E-state index contributed by atoms with van der Waals surface area (Å²) in [5, 5.41) is -0.0838. The van der Waals surface area contributed by atoms with Crippen molar-refractivity contribution in [3.63, 3.8) is 0 Å². The lowest BCUT2D eigenvalue weighted by atomic mass is 9.68. The molecule has 3 heterocycles. The van der Waals surface area contributed by atoms with E-state index in [-0.39, 0.29) is 47.4 Å². The molecule has 1 spiro atoms. The first-order valence-corrected chi connectivity index (χ1v) is 20.5. The number of anilines is 1. The Bertz CT molecular complexity index is 1780. The van der Waals surface area contributed by atoms with Gasteiger partial charge in [-0.25, -0.2) is 13.1 Å². The SMILES string of the molecule is C[C@@H]1[C@@H](C)C/C=C\[C@H](OCC(=O)N2CCN(C)CC2)[C@@H]2CC[C@H]2CN2C[C@@]3(CCCc4cc(Cl)ccc43)COc3ccc(cc32)C(=O)NS1(=O)=O. The fourth-order valence-corrected chi connectivity index (χ4v) is 10.1. The van der Waals surface area contributed by atoms with Crippen LogP contribution in [0.2, 0.25) is 5.02 Å². The van der Waals surface area contributed by atoms with E-state index in [9.17, 15) is 18.0 Å². The monoisotopic (exact) mass is 738 g/mol. The molecule has 1 saturated heterocycles. The Balaban J connectivity index is 1.23. The molecule has 7 rings (SSSR count). The Labute approximate surface area is 307 Å². The van der Waals surface area contributed by atoms with Crippen molar-refractivity contribution in [1.82, 2.24) is 14.5 Å². The standard InChI is InChI=1S/C39H51ClN4O6S/c1-26-6-4-8-35(49-23-37(45)43-18-16-42(3)17-19-43)32-12-9-30(32)22-44-24-39(15-5-7-28-20-31(40)11-13-33(28)39)25-50-36-14-10-29(21-34(36)44)38(46)41-51(47,48)27(26)2/h4,8,10-11,13-14,20-21,26-27,30,32,35H,5-7,9,12,15-19,22-25H2,1-3H3,(H,41,46)/b8-4-/t26-,27+,30-,32+,35-,39-/m0/s1. The molecular formula is C39H51ClN4O6S. The zero-order chi connectivity index (χ0) is 35.9. The number of hydrogen-bond donors (Lipinski definition) is 1. The van der Waals surface area contributed by atoms with Crippen LogP contribution in [0.25, 0.3) is 0 Å². The minimum absolute atomic E-state index is 0.00692. The number of nitrogens with one attached hydrogen (secondary N) is 1. The van der Waals surface area contributed by atoms with Crippen LogP contribution in [0.4, 0.5) is 5.69 Å². The van der Waals surface area contributed by atoms with Crippen LogP contribution >= 0.6 is 11.6 Å². The van der Waals surface area contributed by atoms with E-state index in [4.69, 9.17) is 21.1 Å². The average molecular weight is 739 g/mol. The number of aryl methyl sites for hydroxylation is 1. The Kier molecular flexibility index (Phi) is 10.5. The number of fused-ring (bicyclic) bond motifs is 4. The van der Waals surface area contributed by atoms with Gasteiger partial charge in [0.25, 0.3) is 5.91 Å². The molecule has 2 amide bonds. The van der Waals surface area contributed by atoms with Gasteiger partial charge in [-0.2, -0.15) is 0 Å². The molecule has 6 atom stereocenters. The molecule has 2 aromatic rings. The van der Waals surface area contributed by atoms with Gasteiger partial charge in [-0.1, -0.05) is 36.7 Å². The molecule has 2 aliphatic carbocycles. The van der Waals surface area contributed by atoms with Crippen molar-refractivity contribution in [3.8, 4) is 5.75 Å². The second-order valence-corrected chi connectivity index (χ2v) is 18.0. The number of likely N-dealkylation sites (N-methyl/N-ethyl adjacent to an activating group) is 1. The van der Waals surface area contributed by atoms with Crippen LogP contribution in [0.3, 0.4) is 0 Å².